The second kappa shape index (κ2) is 6.18. The Kier molecular flexibility index (Phi) is 3.77. The van der Waals surface area contributed by atoms with Crippen molar-refractivity contribution < 1.29 is 9.21 Å². The van der Waals surface area contributed by atoms with Crippen LogP contribution in [0.1, 0.15) is 64.1 Å². The van der Waals surface area contributed by atoms with E-state index in [2.05, 4.69) is 16.3 Å². The minimum absolute atomic E-state index is 0.0600. The minimum atomic E-state index is 0.0600. The summed E-state index contributed by atoms with van der Waals surface area (Å²) in [5.41, 5.74) is 4.01. The minimum Gasteiger partial charge on any atom is -0.466 e. The van der Waals surface area contributed by atoms with Gasteiger partial charge in [0.15, 0.2) is 11.5 Å². The molecule has 0 spiro atoms. The normalized spacial score (nSPS) is 17.6. The number of carbonyl (C=O) groups excluding carboxylic acids is 1. The molecule has 0 atom stereocenters. The van der Waals surface area contributed by atoms with Crippen molar-refractivity contribution in [1.29, 1.82) is 0 Å². The second-order valence-electron chi connectivity index (χ2n) is 7.69. The summed E-state index contributed by atoms with van der Waals surface area (Å²) in [7, 11) is 0. The predicted octanol–water partition coefficient (Wildman–Crippen LogP) is 2.84. The molecule has 1 saturated heterocycles. The van der Waals surface area contributed by atoms with Crippen LogP contribution >= 0.6 is 0 Å². The van der Waals surface area contributed by atoms with Crippen LogP contribution in [0.3, 0.4) is 0 Å². The quantitative estimate of drug-likeness (QED) is 0.698. The third kappa shape index (κ3) is 2.72. The van der Waals surface area contributed by atoms with Gasteiger partial charge in [0, 0.05) is 19.0 Å². The maximum atomic E-state index is 12.8. The molecule has 7 heteroatoms. The van der Waals surface area contributed by atoms with Gasteiger partial charge in [-0.2, -0.15) is 9.61 Å². The third-order valence-corrected chi connectivity index (χ3v) is 5.86. The molecule has 0 saturated carbocycles. The highest BCUT2D eigenvalue weighted by Gasteiger charge is 2.29. The Morgan fingerprint density at radius 1 is 1.15 bits per heavy atom. The summed E-state index contributed by atoms with van der Waals surface area (Å²) in [6, 6.07) is 3.97. The zero-order valence-electron chi connectivity index (χ0n) is 15.7. The van der Waals surface area contributed by atoms with Crippen LogP contribution in [0, 0.1) is 13.8 Å². The van der Waals surface area contributed by atoms with Gasteiger partial charge in [-0.05, 0) is 63.6 Å². The SMILES string of the molecule is Cc1cc(C(=O)N2CCC(c3nnc4cc5c(nn34)CCC5)CC2)c(C)o1. The molecule has 3 aromatic rings. The van der Waals surface area contributed by atoms with Crippen LogP contribution < -0.4 is 0 Å². The van der Waals surface area contributed by atoms with Gasteiger partial charge in [-0.3, -0.25) is 4.79 Å². The number of hydrogen-bond donors (Lipinski definition) is 0. The predicted molar refractivity (Wildman–Crippen MR) is 98.9 cm³/mol. The second-order valence-corrected chi connectivity index (χ2v) is 7.69. The van der Waals surface area contributed by atoms with Crippen molar-refractivity contribution in [2.75, 3.05) is 13.1 Å². The number of rotatable bonds is 2. The highest BCUT2D eigenvalue weighted by Crippen LogP contribution is 2.29. The van der Waals surface area contributed by atoms with Crippen LogP contribution in [0.2, 0.25) is 0 Å². The number of amides is 1. The van der Waals surface area contributed by atoms with Gasteiger partial charge in [0.05, 0.1) is 11.3 Å². The van der Waals surface area contributed by atoms with Gasteiger partial charge < -0.3 is 9.32 Å². The first kappa shape index (κ1) is 16.5. The zero-order chi connectivity index (χ0) is 18.5. The molecule has 0 radical (unpaired) electrons. The lowest BCUT2D eigenvalue weighted by Crippen LogP contribution is -2.38. The molecule has 4 heterocycles. The lowest BCUT2D eigenvalue weighted by Gasteiger charge is -2.31. The lowest BCUT2D eigenvalue weighted by atomic mass is 9.95. The van der Waals surface area contributed by atoms with Crippen molar-refractivity contribution in [1.82, 2.24) is 24.7 Å². The van der Waals surface area contributed by atoms with Crippen molar-refractivity contribution in [3.63, 3.8) is 0 Å². The molecule has 0 aromatic carbocycles. The molecular formula is C20H23N5O2. The van der Waals surface area contributed by atoms with Gasteiger partial charge in [0.25, 0.3) is 5.91 Å². The fraction of sp³-hybridized carbons (Fsp3) is 0.500. The topological polar surface area (TPSA) is 76.5 Å². The van der Waals surface area contributed by atoms with Gasteiger partial charge in [-0.25, -0.2) is 0 Å². The van der Waals surface area contributed by atoms with Crippen LogP contribution in [0.25, 0.3) is 5.65 Å². The molecule has 5 rings (SSSR count). The maximum Gasteiger partial charge on any atom is 0.257 e. The van der Waals surface area contributed by atoms with E-state index in [1.54, 1.807) is 0 Å². The number of furan rings is 1. The first-order valence-corrected chi connectivity index (χ1v) is 9.70. The molecule has 7 nitrogen and oxygen atoms in total. The van der Waals surface area contributed by atoms with E-state index in [-0.39, 0.29) is 11.8 Å². The van der Waals surface area contributed by atoms with E-state index in [1.165, 1.54) is 17.7 Å². The Hall–Kier alpha value is -2.70. The average Bonchev–Trinajstić information content (AvgIpc) is 3.37. The Morgan fingerprint density at radius 3 is 2.70 bits per heavy atom. The summed E-state index contributed by atoms with van der Waals surface area (Å²) in [5, 5.41) is 13.6. The van der Waals surface area contributed by atoms with Gasteiger partial charge in [-0.1, -0.05) is 0 Å². The fourth-order valence-electron chi connectivity index (χ4n) is 4.40. The van der Waals surface area contributed by atoms with E-state index in [4.69, 9.17) is 9.52 Å². The molecule has 0 N–H and O–H groups in total. The largest absolute Gasteiger partial charge is 0.466 e. The zero-order valence-corrected chi connectivity index (χ0v) is 15.7. The Morgan fingerprint density at radius 2 is 1.96 bits per heavy atom. The number of piperidine rings is 1. The number of aryl methyl sites for hydroxylation is 4. The molecule has 3 aromatic heterocycles. The molecule has 1 aliphatic heterocycles. The van der Waals surface area contributed by atoms with E-state index < -0.39 is 0 Å². The smallest absolute Gasteiger partial charge is 0.257 e. The fourth-order valence-corrected chi connectivity index (χ4v) is 4.40. The Bertz CT molecular complexity index is 1030. The Balaban J connectivity index is 1.34. The van der Waals surface area contributed by atoms with Crippen molar-refractivity contribution >= 4 is 11.6 Å². The average molecular weight is 365 g/mol. The Labute approximate surface area is 157 Å². The molecule has 1 amide bonds. The van der Waals surface area contributed by atoms with E-state index in [1.807, 2.05) is 29.3 Å². The van der Waals surface area contributed by atoms with Gasteiger partial charge in [0.1, 0.15) is 11.5 Å². The van der Waals surface area contributed by atoms with Crippen LogP contribution in [-0.2, 0) is 12.8 Å². The summed E-state index contributed by atoms with van der Waals surface area (Å²) in [5.74, 6) is 2.75. The number of aromatic nitrogens is 4. The van der Waals surface area contributed by atoms with Gasteiger partial charge >= 0.3 is 0 Å². The number of nitrogens with zero attached hydrogens (tertiary/aromatic N) is 5. The summed E-state index contributed by atoms with van der Waals surface area (Å²) >= 11 is 0. The summed E-state index contributed by atoms with van der Waals surface area (Å²) < 4.78 is 7.44. The standard InChI is InChI=1S/C20H23N5O2/c1-12-10-16(13(2)27-12)20(26)24-8-6-14(7-9-24)19-22-21-18-11-15-4-3-5-17(15)23-25(18)19/h10-11,14H,3-9H2,1-2H3. The van der Waals surface area contributed by atoms with Crippen LogP contribution in [0.5, 0.6) is 0 Å². The molecule has 27 heavy (non-hydrogen) atoms. The first-order valence-electron chi connectivity index (χ1n) is 9.70. The van der Waals surface area contributed by atoms with Crippen LogP contribution in [0.15, 0.2) is 16.5 Å². The summed E-state index contributed by atoms with van der Waals surface area (Å²) in [6.45, 7) is 5.15. The molecule has 140 valence electrons. The van der Waals surface area contributed by atoms with E-state index in [0.717, 1.165) is 42.9 Å². The van der Waals surface area contributed by atoms with Crippen LogP contribution in [0.4, 0.5) is 0 Å². The van der Waals surface area contributed by atoms with Gasteiger partial charge in [0.2, 0.25) is 0 Å². The summed E-state index contributed by atoms with van der Waals surface area (Å²) in [4.78, 5) is 14.7. The third-order valence-electron chi connectivity index (χ3n) is 5.86. The molecular weight excluding hydrogens is 342 g/mol. The number of carbonyl (C=O) groups is 1. The number of likely N-dealkylation sites (tertiary alicyclic amines) is 1. The van der Waals surface area contributed by atoms with E-state index in [0.29, 0.717) is 24.4 Å². The van der Waals surface area contributed by atoms with E-state index in [9.17, 15) is 4.79 Å². The number of hydrogen-bond acceptors (Lipinski definition) is 5. The molecule has 2 aliphatic rings. The summed E-state index contributed by atoms with van der Waals surface area (Å²) in [6.07, 6.45) is 5.06. The molecule has 0 bridgehead atoms. The lowest BCUT2D eigenvalue weighted by molar-refractivity contribution is 0.0709. The monoisotopic (exact) mass is 365 g/mol. The van der Waals surface area contributed by atoms with Crippen molar-refractivity contribution in [2.24, 2.45) is 0 Å². The molecule has 0 unspecified atom stereocenters. The molecule has 1 fully saturated rings. The first-order chi connectivity index (χ1) is 13.1. The van der Waals surface area contributed by atoms with E-state index >= 15 is 0 Å². The van der Waals surface area contributed by atoms with Gasteiger partial charge in [-0.15, -0.1) is 10.2 Å². The highest BCUT2D eigenvalue weighted by molar-refractivity contribution is 5.95. The van der Waals surface area contributed by atoms with Crippen LogP contribution in [-0.4, -0.2) is 43.7 Å². The van der Waals surface area contributed by atoms with Crippen molar-refractivity contribution in [3.05, 3.63) is 46.3 Å². The highest BCUT2D eigenvalue weighted by atomic mass is 16.3. The van der Waals surface area contributed by atoms with Crippen molar-refractivity contribution in [3.8, 4) is 0 Å². The maximum absolute atomic E-state index is 12.8. The van der Waals surface area contributed by atoms with Crippen molar-refractivity contribution in [2.45, 2.75) is 51.9 Å². The number of fused-ring (bicyclic) bond motifs is 2. The molecule has 1 aliphatic carbocycles.